The molecule has 0 aliphatic carbocycles. The Morgan fingerprint density at radius 2 is 2.00 bits per heavy atom. The molecule has 1 aromatic heterocycles. The average molecular weight is 280 g/mol. The quantitative estimate of drug-likeness (QED) is 0.900. The molecule has 0 aromatic carbocycles. The van der Waals surface area contributed by atoms with Crippen LogP contribution in [0.1, 0.15) is 44.9 Å². The van der Waals surface area contributed by atoms with Gasteiger partial charge in [-0.05, 0) is 46.7 Å². The van der Waals surface area contributed by atoms with Crippen LogP contribution in [0.25, 0.3) is 0 Å². The molecular weight excluding hydrogens is 252 g/mol. The van der Waals surface area contributed by atoms with Crippen LogP contribution < -0.4 is 5.32 Å². The number of furan rings is 1. The normalized spacial score (nSPS) is 17.9. The molecule has 1 N–H and O–H groups in total. The van der Waals surface area contributed by atoms with Crippen LogP contribution in [0.4, 0.5) is 0 Å². The van der Waals surface area contributed by atoms with E-state index < -0.39 is 0 Å². The Kier molecular flexibility index (Phi) is 5.24. The van der Waals surface area contributed by atoms with Gasteiger partial charge in [-0.15, -0.1) is 0 Å². The van der Waals surface area contributed by atoms with Crippen LogP contribution in [0.15, 0.2) is 16.7 Å². The maximum Gasteiger partial charge on any atom is 0.122 e. The molecule has 0 unspecified atom stereocenters. The molecular formula is C16H28N2O2. The molecule has 4 heteroatoms. The molecule has 0 atom stereocenters. The summed E-state index contributed by atoms with van der Waals surface area (Å²) in [6.07, 6.45) is 4.03. The fraction of sp³-hybridized carbons (Fsp3) is 0.750. The third-order valence-corrected chi connectivity index (χ3v) is 3.85. The van der Waals surface area contributed by atoms with Crippen molar-refractivity contribution in [1.82, 2.24) is 10.2 Å². The van der Waals surface area contributed by atoms with Crippen molar-refractivity contribution >= 4 is 0 Å². The minimum absolute atomic E-state index is 0.126. The van der Waals surface area contributed by atoms with Crippen molar-refractivity contribution < 1.29 is 9.15 Å². The van der Waals surface area contributed by atoms with Gasteiger partial charge in [0.1, 0.15) is 5.76 Å². The Bertz CT molecular complexity index is 403. The molecule has 0 amide bonds. The minimum atomic E-state index is 0.126. The molecule has 114 valence electrons. The van der Waals surface area contributed by atoms with Crippen molar-refractivity contribution in [3.8, 4) is 0 Å². The van der Waals surface area contributed by atoms with Crippen LogP contribution >= 0.6 is 0 Å². The first-order valence-electron chi connectivity index (χ1n) is 7.54. The summed E-state index contributed by atoms with van der Waals surface area (Å²) in [4.78, 5) is 2.39. The summed E-state index contributed by atoms with van der Waals surface area (Å²) in [6, 6.07) is 2.68. The molecule has 4 nitrogen and oxygen atoms in total. The van der Waals surface area contributed by atoms with Gasteiger partial charge >= 0.3 is 0 Å². The highest BCUT2D eigenvalue weighted by molar-refractivity contribution is 5.17. The van der Waals surface area contributed by atoms with Gasteiger partial charge in [-0.25, -0.2) is 0 Å². The molecule has 1 aliphatic rings. The van der Waals surface area contributed by atoms with Crippen molar-refractivity contribution in [1.29, 1.82) is 0 Å². The summed E-state index contributed by atoms with van der Waals surface area (Å²) in [5, 5.41) is 3.52. The average Bonchev–Trinajstić information content (AvgIpc) is 2.84. The Hall–Kier alpha value is -0.840. The molecule has 1 aliphatic heterocycles. The highest BCUT2D eigenvalue weighted by Crippen LogP contribution is 2.19. The van der Waals surface area contributed by atoms with Gasteiger partial charge in [0.25, 0.3) is 0 Å². The SMILES string of the molecule is CN(Cc1occc1CNC(C)(C)C)C1CCOCC1. The number of nitrogens with zero attached hydrogens (tertiary/aromatic N) is 1. The smallest absolute Gasteiger partial charge is 0.122 e. The molecule has 1 fully saturated rings. The highest BCUT2D eigenvalue weighted by Gasteiger charge is 2.20. The Balaban J connectivity index is 1.90. The fourth-order valence-corrected chi connectivity index (χ4v) is 2.51. The lowest BCUT2D eigenvalue weighted by Gasteiger charge is -2.30. The molecule has 0 spiro atoms. The summed E-state index contributed by atoms with van der Waals surface area (Å²) in [6.45, 7) is 10.0. The van der Waals surface area contributed by atoms with E-state index in [1.165, 1.54) is 5.56 Å². The fourth-order valence-electron chi connectivity index (χ4n) is 2.51. The van der Waals surface area contributed by atoms with Crippen LogP contribution in [0.3, 0.4) is 0 Å². The number of hydrogen-bond donors (Lipinski definition) is 1. The monoisotopic (exact) mass is 280 g/mol. The van der Waals surface area contributed by atoms with E-state index in [4.69, 9.17) is 9.15 Å². The maximum absolute atomic E-state index is 5.68. The van der Waals surface area contributed by atoms with E-state index in [1.807, 2.05) is 0 Å². The zero-order valence-corrected chi connectivity index (χ0v) is 13.2. The zero-order chi connectivity index (χ0) is 14.6. The summed E-state index contributed by atoms with van der Waals surface area (Å²) in [5.74, 6) is 1.08. The first-order valence-corrected chi connectivity index (χ1v) is 7.54. The second-order valence-corrected chi connectivity index (χ2v) is 6.73. The van der Waals surface area contributed by atoms with Gasteiger partial charge in [0.2, 0.25) is 0 Å². The van der Waals surface area contributed by atoms with Crippen LogP contribution in [0.2, 0.25) is 0 Å². The van der Waals surface area contributed by atoms with Gasteiger partial charge in [0.05, 0.1) is 12.8 Å². The maximum atomic E-state index is 5.68. The van der Waals surface area contributed by atoms with Crippen LogP contribution in [-0.2, 0) is 17.8 Å². The summed E-state index contributed by atoms with van der Waals surface area (Å²) >= 11 is 0. The minimum Gasteiger partial charge on any atom is -0.468 e. The van der Waals surface area contributed by atoms with Crippen molar-refractivity contribution in [2.75, 3.05) is 20.3 Å². The lowest BCUT2D eigenvalue weighted by Crippen LogP contribution is -2.37. The molecule has 1 aromatic rings. The molecule has 20 heavy (non-hydrogen) atoms. The molecule has 2 heterocycles. The van der Waals surface area contributed by atoms with Gasteiger partial charge in [-0.1, -0.05) is 0 Å². The van der Waals surface area contributed by atoms with Crippen LogP contribution in [-0.4, -0.2) is 36.7 Å². The van der Waals surface area contributed by atoms with E-state index in [0.29, 0.717) is 6.04 Å². The lowest BCUT2D eigenvalue weighted by molar-refractivity contribution is 0.0386. The van der Waals surface area contributed by atoms with Gasteiger partial charge in [-0.2, -0.15) is 0 Å². The third-order valence-electron chi connectivity index (χ3n) is 3.85. The Labute approximate surface area is 122 Å². The zero-order valence-electron chi connectivity index (χ0n) is 13.2. The number of nitrogens with one attached hydrogen (secondary N) is 1. The van der Waals surface area contributed by atoms with Crippen LogP contribution in [0.5, 0.6) is 0 Å². The standard InChI is InChI=1S/C16H28N2O2/c1-16(2,3)17-11-13-5-10-20-15(13)12-18(4)14-6-8-19-9-7-14/h5,10,14,17H,6-9,11-12H2,1-4H3. The Morgan fingerprint density at radius 1 is 1.30 bits per heavy atom. The van der Waals surface area contributed by atoms with E-state index in [0.717, 1.165) is 44.9 Å². The van der Waals surface area contributed by atoms with Crippen LogP contribution in [0, 0.1) is 0 Å². The van der Waals surface area contributed by atoms with Crippen molar-refractivity contribution in [2.45, 2.75) is 58.3 Å². The molecule has 0 bridgehead atoms. The van der Waals surface area contributed by atoms with Crippen molar-refractivity contribution in [3.05, 3.63) is 23.7 Å². The first kappa shape index (κ1) is 15.5. The van der Waals surface area contributed by atoms with E-state index >= 15 is 0 Å². The lowest BCUT2D eigenvalue weighted by atomic mass is 10.1. The summed E-state index contributed by atoms with van der Waals surface area (Å²) in [7, 11) is 2.18. The van der Waals surface area contributed by atoms with Gasteiger partial charge in [-0.3, -0.25) is 4.90 Å². The second-order valence-electron chi connectivity index (χ2n) is 6.73. The van der Waals surface area contributed by atoms with Gasteiger partial charge in [0, 0.05) is 36.9 Å². The molecule has 1 saturated heterocycles. The largest absolute Gasteiger partial charge is 0.468 e. The third kappa shape index (κ3) is 4.62. The summed E-state index contributed by atoms with van der Waals surface area (Å²) in [5.41, 5.74) is 1.39. The van der Waals surface area contributed by atoms with E-state index in [9.17, 15) is 0 Å². The van der Waals surface area contributed by atoms with E-state index in [-0.39, 0.29) is 5.54 Å². The topological polar surface area (TPSA) is 37.6 Å². The van der Waals surface area contributed by atoms with Gasteiger partial charge in [0.15, 0.2) is 0 Å². The van der Waals surface area contributed by atoms with Crippen molar-refractivity contribution in [3.63, 3.8) is 0 Å². The van der Waals surface area contributed by atoms with Crippen molar-refractivity contribution in [2.24, 2.45) is 0 Å². The predicted molar refractivity (Wildman–Crippen MR) is 80.6 cm³/mol. The predicted octanol–water partition coefficient (Wildman–Crippen LogP) is 2.78. The summed E-state index contributed by atoms with van der Waals surface area (Å²) < 4.78 is 11.1. The second kappa shape index (κ2) is 6.74. The Morgan fingerprint density at radius 3 is 2.65 bits per heavy atom. The first-order chi connectivity index (χ1) is 9.46. The number of ether oxygens (including phenoxy) is 1. The van der Waals surface area contributed by atoms with Gasteiger partial charge < -0.3 is 14.5 Å². The van der Waals surface area contributed by atoms with E-state index in [1.54, 1.807) is 6.26 Å². The number of hydrogen-bond acceptors (Lipinski definition) is 4. The number of rotatable bonds is 5. The molecule has 2 rings (SSSR count). The molecule has 0 radical (unpaired) electrons. The van der Waals surface area contributed by atoms with E-state index in [2.05, 4.69) is 44.1 Å². The highest BCUT2D eigenvalue weighted by atomic mass is 16.5. The molecule has 0 saturated carbocycles.